The molecule has 0 aromatic carbocycles. The van der Waals surface area contributed by atoms with E-state index in [-0.39, 0.29) is 16.1 Å². The van der Waals surface area contributed by atoms with Crippen molar-refractivity contribution in [2.45, 2.75) is 24.3 Å². The molecule has 1 aliphatic carbocycles. The van der Waals surface area contributed by atoms with Gasteiger partial charge in [0.05, 0.1) is 0 Å². The number of hydrogen-bond acceptors (Lipinski definition) is 3. The Morgan fingerprint density at radius 2 is 2.20 bits per heavy atom. The zero-order chi connectivity index (χ0) is 11.1. The van der Waals surface area contributed by atoms with Gasteiger partial charge in [0, 0.05) is 12.2 Å². The summed E-state index contributed by atoms with van der Waals surface area (Å²) < 4.78 is 26.1. The fraction of sp³-hybridized carbons (Fsp3) is 0.444. The third-order valence-corrected chi connectivity index (χ3v) is 4.13. The minimum Gasteiger partial charge on any atom is -0.243 e. The largest absolute Gasteiger partial charge is 0.243 e. The van der Waals surface area contributed by atoms with Gasteiger partial charge in [-0.1, -0.05) is 18.5 Å². The number of sulfonamides is 1. The van der Waals surface area contributed by atoms with Crippen LogP contribution in [0.15, 0.2) is 23.2 Å². The van der Waals surface area contributed by atoms with Gasteiger partial charge in [-0.25, -0.2) is 18.1 Å². The monoisotopic (exact) mass is 246 g/mol. The highest BCUT2D eigenvalue weighted by molar-refractivity contribution is 7.89. The van der Waals surface area contributed by atoms with Crippen molar-refractivity contribution in [1.29, 1.82) is 0 Å². The van der Waals surface area contributed by atoms with Crippen molar-refractivity contribution in [3.8, 4) is 0 Å². The molecule has 4 nitrogen and oxygen atoms in total. The molecule has 0 amide bonds. The minimum absolute atomic E-state index is 0.0747. The van der Waals surface area contributed by atoms with E-state index in [1.54, 1.807) is 0 Å². The summed E-state index contributed by atoms with van der Waals surface area (Å²) in [6.45, 7) is 2.01. The molecule has 1 N–H and O–H groups in total. The van der Waals surface area contributed by atoms with E-state index in [9.17, 15) is 8.42 Å². The quantitative estimate of drug-likeness (QED) is 0.821. The SMILES string of the molecule is CC1CC1NS(=O)(=O)c1ccc(Cl)nc1. The number of hydrogen-bond donors (Lipinski definition) is 1. The van der Waals surface area contributed by atoms with E-state index in [0.29, 0.717) is 5.92 Å². The first kappa shape index (κ1) is 10.9. The molecule has 0 radical (unpaired) electrons. The summed E-state index contributed by atoms with van der Waals surface area (Å²) in [6.07, 6.45) is 2.16. The van der Waals surface area contributed by atoms with E-state index in [2.05, 4.69) is 9.71 Å². The van der Waals surface area contributed by atoms with Crippen LogP contribution in [0.2, 0.25) is 5.15 Å². The summed E-state index contributed by atoms with van der Waals surface area (Å²) >= 11 is 5.58. The van der Waals surface area contributed by atoms with Crippen molar-refractivity contribution in [1.82, 2.24) is 9.71 Å². The molecule has 1 aliphatic rings. The van der Waals surface area contributed by atoms with Crippen LogP contribution in [0.25, 0.3) is 0 Å². The fourth-order valence-corrected chi connectivity index (χ4v) is 2.69. The molecule has 1 saturated carbocycles. The van der Waals surface area contributed by atoms with Gasteiger partial charge in [-0.15, -0.1) is 0 Å². The summed E-state index contributed by atoms with van der Waals surface area (Å²) in [7, 11) is -3.42. The van der Waals surface area contributed by atoms with Crippen molar-refractivity contribution in [3.63, 3.8) is 0 Å². The van der Waals surface area contributed by atoms with Crippen LogP contribution in [-0.2, 0) is 10.0 Å². The average molecular weight is 247 g/mol. The normalized spacial score (nSPS) is 25.2. The molecule has 1 aromatic heterocycles. The molecule has 1 heterocycles. The maximum absolute atomic E-state index is 11.7. The van der Waals surface area contributed by atoms with Crippen LogP contribution in [-0.4, -0.2) is 19.4 Å². The molecule has 1 fully saturated rings. The summed E-state index contributed by atoms with van der Waals surface area (Å²) in [4.78, 5) is 3.90. The van der Waals surface area contributed by atoms with Crippen LogP contribution in [0, 0.1) is 5.92 Å². The average Bonchev–Trinajstić information content (AvgIpc) is 2.81. The van der Waals surface area contributed by atoms with Gasteiger partial charge in [0.1, 0.15) is 10.0 Å². The lowest BCUT2D eigenvalue weighted by atomic mass is 10.5. The van der Waals surface area contributed by atoms with Crippen LogP contribution < -0.4 is 4.72 Å². The molecule has 2 rings (SSSR count). The number of halogens is 1. The second-order valence-corrected chi connectivity index (χ2v) is 5.86. The maximum atomic E-state index is 11.7. The van der Waals surface area contributed by atoms with Crippen LogP contribution in [0.5, 0.6) is 0 Å². The maximum Gasteiger partial charge on any atom is 0.242 e. The highest BCUT2D eigenvalue weighted by atomic mass is 35.5. The van der Waals surface area contributed by atoms with Crippen LogP contribution in [0.4, 0.5) is 0 Å². The third kappa shape index (κ3) is 2.48. The fourth-order valence-electron chi connectivity index (χ4n) is 1.27. The predicted octanol–water partition coefficient (Wildman–Crippen LogP) is 1.42. The summed E-state index contributed by atoms with van der Waals surface area (Å²) in [5.41, 5.74) is 0. The molecule has 1 aromatic rings. The molecular formula is C9H11ClN2O2S. The lowest BCUT2D eigenvalue weighted by molar-refractivity contribution is 0.578. The number of aromatic nitrogens is 1. The smallest absolute Gasteiger partial charge is 0.242 e. The summed E-state index contributed by atoms with van der Waals surface area (Å²) in [6, 6.07) is 2.99. The molecule has 2 atom stereocenters. The van der Waals surface area contributed by atoms with E-state index in [4.69, 9.17) is 11.6 Å². The van der Waals surface area contributed by atoms with Gasteiger partial charge in [0.2, 0.25) is 10.0 Å². The standard InChI is InChI=1S/C9H11ClN2O2S/c1-6-4-8(6)12-15(13,14)7-2-3-9(10)11-5-7/h2-3,5-6,8,12H,4H2,1H3. The highest BCUT2D eigenvalue weighted by Crippen LogP contribution is 2.30. The highest BCUT2D eigenvalue weighted by Gasteiger charge is 2.36. The Kier molecular flexibility index (Phi) is 2.70. The lowest BCUT2D eigenvalue weighted by Crippen LogP contribution is -2.26. The third-order valence-electron chi connectivity index (χ3n) is 2.43. The van der Waals surface area contributed by atoms with Gasteiger partial charge in [-0.2, -0.15) is 0 Å². The Morgan fingerprint density at radius 3 is 2.67 bits per heavy atom. The lowest BCUT2D eigenvalue weighted by Gasteiger charge is -2.04. The van der Waals surface area contributed by atoms with Gasteiger partial charge < -0.3 is 0 Å². The van der Waals surface area contributed by atoms with Crippen LogP contribution in [0.1, 0.15) is 13.3 Å². The van der Waals surface area contributed by atoms with Crippen LogP contribution in [0.3, 0.4) is 0 Å². The van der Waals surface area contributed by atoms with Gasteiger partial charge >= 0.3 is 0 Å². The Balaban J connectivity index is 2.18. The van der Waals surface area contributed by atoms with Crippen molar-refractivity contribution in [2.75, 3.05) is 0 Å². The molecule has 15 heavy (non-hydrogen) atoms. The van der Waals surface area contributed by atoms with E-state index in [0.717, 1.165) is 6.42 Å². The Labute approximate surface area is 93.7 Å². The van der Waals surface area contributed by atoms with Crippen molar-refractivity contribution < 1.29 is 8.42 Å². The molecule has 2 unspecified atom stereocenters. The summed E-state index contributed by atoms with van der Waals surface area (Å²) in [5.74, 6) is 0.431. The molecule has 6 heteroatoms. The van der Waals surface area contributed by atoms with E-state index in [1.807, 2.05) is 6.92 Å². The first-order chi connectivity index (χ1) is 6.99. The molecule has 0 saturated heterocycles. The van der Waals surface area contributed by atoms with Gasteiger partial charge in [0.25, 0.3) is 0 Å². The molecular weight excluding hydrogens is 236 g/mol. The molecule has 0 bridgehead atoms. The second-order valence-electron chi connectivity index (χ2n) is 3.76. The summed E-state index contributed by atoms with van der Waals surface area (Å²) in [5, 5.41) is 0.286. The number of rotatable bonds is 3. The Bertz CT molecular complexity index is 458. The minimum atomic E-state index is -3.42. The first-order valence-corrected chi connectivity index (χ1v) is 6.49. The zero-order valence-corrected chi connectivity index (χ0v) is 9.72. The Hall–Kier alpha value is -0.650. The predicted molar refractivity (Wildman–Crippen MR) is 57.1 cm³/mol. The molecule has 0 aliphatic heterocycles. The number of pyridine rings is 1. The van der Waals surface area contributed by atoms with Crippen molar-refractivity contribution >= 4 is 21.6 Å². The number of nitrogens with one attached hydrogen (secondary N) is 1. The van der Waals surface area contributed by atoms with Crippen molar-refractivity contribution in [2.24, 2.45) is 5.92 Å². The van der Waals surface area contributed by atoms with E-state index < -0.39 is 10.0 Å². The van der Waals surface area contributed by atoms with Gasteiger partial charge in [-0.05, 0) is 24.5 Å². The molecule has 82 valence electrons. The number of nitrogens with zero attached hydrogens (tertiary/aromatic N) is 1. The van der Waals surface area contributed by atoms with Crippen molar-refractivity contribution in [3.05, 3.63) is 23.5 Å². The Morgan fingerprint density at radius 1 is 1.53 bits per heavy atom. The topological polar surface area (TPSA) is 59.1 Å². The van der Waals surface area contributed by atoms with E-state index in [1.165, 1.54) is 18.3 Å². The van der Waals surface area contributed by atoms with E-state index >= 15 is 0 Å². The van der Waals surface area contributed by atoms with Gasteiger partial charge in [-0.3, -0.25) is 0 Å². The second kappa shape index (κ2) is 3.73. The van der Waals surface area contributed by atoms with Gasteiger partial charge in [0.15, 0.2) is 0 Å². The zero-order valence-electron chi connectivity index (χ0n) is 8.14. The first-order valence-electron chi connectivity index (χ1n) is 4.63. The van der Waals surface area contributed by atoms with Crippen LogP contribution >= 0.6 is 11.6 Å². The molecule has 0 spiro atoms.